The van der Waals surface area contributed by atoms with Crippen LogP contribution in [0.3, 0.4) is 0 Å². The maximum absolute atomic E-state index is 11.5. The maximum atomic E-state index is 11.5. The Morgan fingerprint density at radius 2 is 1.95 bits per heavy atom. The van der Waals surface area contributed by atoms with E-state index in [0.29, 0.717) is 24.1 Å². The van der Waals surface area contributed by atoms with Gasteiger partial charge in [-0.15, -0.1) is 0 Å². The summed E-state index contributed by atoms with van der Waals surface area (Å²) in [5, 5.41) is 6.10. The predicted molar refractivity (Wildman–Crippen MR) is 74.1 cm³/mol. The van der Waals surface area contributed by atoms with E-state index in [-0.39, 0.29) is 12.5 Å². The van der Waals surface area contributed by atoms with E-state index >= 15 is 0 Å². The van der Waals surface area contributed by atoms with Crippen molar-refractivity contribution >= 4 is 17.5 Å². The number of amides is 1. The van der Waals surface area contributed by atoms with Gasteiger partial charge in [-0.3, -0.25) is 4.79 Å². The van der Waals surface area contributed by atoms with Crippen molar-refractivity contribution in [2.45, 2.75) is 13.5 Å². The molecule has 1 aromatic rings. The third-order valence-electron chi connectivity index (χ3n) is 2.32. The van der Waals surface area contributed by atoms with Crippen LogP contribution in [0.2, 0.25) is 0 Å². The summed E-state index contributed by atoms with van der Waals surface area (Å²) in [5.41, 5.74) is 0. The van der Waals surface area contributed by atoms with Crippen LogP contribution in [0.25, 0.3) is 0 Å². The fourth-order valence-corrected chi connectivity index (χ4v) is 1.38. The lowest BCUT2D eigenvalue weighted by molar-refractivity contribution is -0.126. The van der Waals surface area contributed by atoms with E-state index < -0.39 is 0 Å². The molecule has 0 fully saturated rings. The minimum absolute atomic E-state index is 0.0168. The molecule has 0 aliphatic rings. The van der Waals surface area contributed by atoms with Crippen LogP contribution in [0.15, 0.2) is 6.07 Å². The largest absolute Gasteiger partial charge is 0.377 e. The van der Waals surface area contributed by atoms with Crippen LogP contribution < -0.4 is 10.6 Å². The molecule has 1 amide bonds. The molecule has 0 saturated heterocycles. The molecule has 1 aromatic heterocycles. The zero-order valence-corrected chi connectivity index (χ0v) is 11.9. The van der Waals surface area contributed by atoms with Gasteiger partial charge in [0.15, 0.2) is 5.82 Å². The summed E-state index contributed by atoms with van der Waals surface area (Å²) in [5.74, 6) is 1.87. The molecule has 1 rings (SSSR count). The third kappa shape index (κ3) is 5.09. The van der Waals surface area contributed by atoms with Crippen molar-refractivity contribution in [2.24, 2.45) is 0 Å². The highest BCUT2D eigenvalue weighted by Crippen LogP contribution is 2.11. The average Bonchev–Trinajstić information content (AvgIpc) is 2.36. The molecule has 19 heavy (non-hydrogen) atoms. The van der Waals surface area contributed by atoms with Crippen molar-refractivity contribution < 1.29 is 9.53 Å². The Morgan fingerprint density at radius 3 is 2.47 bits per heavy atom. The molecule has 2 N–H and O–H groups in total. The van der Waals surface area contributed by atoms with Crippen molar-refractivity contribution in [2.75, 3.05) is 44.9 Å². The van der Waals surface area contributed by atoms with Crippen molar-refractivity contribution in [3.63, 3.8) is 0 Å². The first-order chi connectivity index (χ1) is 9.06. The van der Waals surface area contributed by atoms with Crippen LogP contribution in [0.4, 0.5) is 11.6 Å². The molecule has 0 saturated carbocycles. The standard InChI is InChI=1S/C12H21N5O2/c1-5-13-9-6-10(14-7-12(18)17(2)3)16-11(15-9)8-19-4/h6H,5,7-8H2,1-4H3,(H2,13,14,15,16). The number of methoxy groups -OCH3 is 1. The Morgan fingerprint density at radius 1 is 1.32 bits per heavy atom. The smallest absolute Gasteiger partial charge is 0.241 e. The summed E-state index contributed by atoms with van der Waals surface area (Å²) < 4.78 is 5.02. The second-order valence-corrected chi connectivity index (χ2v) is 4.16. The molecule has 0 unspecified atom stereocenters. The van der Waals surface area contributed by atoms with Crippen molar-refractivity contribution in [3.8, 4) is 0 Å². The van der Waals surface area contributed by atoms with E-state index in [9.17, 15) is 4.79 Å². The van der Waals surface area contributed by atoms with Crippen LogP contribution in [0.5, 0.6) is 0 Å². The van der Waals surface area contributed by atoms with E-state index in [0.717, 1.165) is 6.54 Å². The molecular formula is C12H21N5O2. The number of ether oxygens (including phenoxy) is 1. The highest BCUT2D eigenvalue weighted by molar-refractivity contribution is 5.80. The highest BCUT2D eigenvalue weighted by atomic mass is 16.5. The highest BCUT2D eigenvalue weighted by Gasteiger charge is 2.07. The van der Waals surface area contributed by atoms with Crippen LogP contribution in [-0.2, 0) is 16.1 Å². The van der Waals surface area contributed by atoms with Gasteiger partial charge < -0.3 is 20.3 Å². The van der Waals surface area contributed by atoms with Gasteiger partial charge in [0.1, 0.15) is 18.2 Å². The summed E-state index contributed by atoms with van der Waals surface area (Å²) >= 11 is 0. The van der Waals surface area contributed by atoms with Crippen molar-refractivity contribution in [1.29, 1.82) is 0 Å². The Balaban J connectivity index is 2.77. The molecule has 7 heteroatoms. The molecule has 0 aliphatic heterocycles. The van der Waals surface area contributed by atoms with Gasteiger partial charge in [0.25, 0.3) is 0 Å². The first-order valence-corrected chi connectivity index (χ1v) is 6.11. The maximum Gasteiger partial charge on any atom is 0.241 e. The van der Waals surface area contributed by atoms with Crippen LogP contribution >= 0.6 is 0 Å². The minimum atomic E-state index is -0.0168. The number of carbonyl (C=O) groups is 1. The zero-order chi connectivity index (χ0) is 14.3. The van der Waals surface area contributed by atoms with Gasteiger partial charge in [-0.05, 0) is 6.92 Å². The molecule has 0 radical (unpaired) electrons. The minimum Gasteiger partial charge on any atom is -0.377 e. The fraction of sp³-hybridized carbons (Fsp3) is 0.583. The molecule has 106 valence electrons. The summed E-state index contributed by atoms with van der Waals surface area (Å²) in [6.45, 7) is 3.28. The zero-order valence-electron chi connectivity index (χ0n) is 11.9. The number of rotatable bonds is 7. The Bertz CT molecular complexity index is 398. The number of aromatic nitrogens is 2. The second-order valence-electron chi connectivity index (χ2n) is 4.16. The Hall–Kier alpha value is -1.89. The first-order valence-electron chi connectivity index (χ1n) is 6.11. The van der Waals surface area contributed by atoms with Crippen molar-refractivity contribution in [1.82, 2.24) is 14.9 Å². The average molecular weight is 267 g/mol. The van der Waals surface area contributed by atoms with Gasteiger partial charge in [0.05, 0.1) is 6.54 Å². The summed E-state index contributed by atoms with van der Waals surface area (Å²) in [6, 6.07) is 1.77. The molecule has 0 spiro atoms. The lowest BCUT2D eigenvalue weighted by Gasteiger charge is -2.13. The lowest BCUT2D eigenvalue weighted by atomic mass is 10.4. The first kappa shape index (κ1) is 15.2. The summed E-state index contributed by atoms with van der Waals surface area (Å²) in [7, 11) is 5.01. The van der Waals surface area contributed by atoms with E-state index in [1.54, 1.807) is 27.3 Å². The Kier molecular flexibility index (Phi) is 6.01. The monoisotopic (exact) mass is 267 g/mol. The number of hydrogen-bond acceptors (Lipinski definition) is 6. The molecule has 0 aliphatic carbocycles. The number of hydrogen-bond donors (Lipinski definition) is 2. The molecule has 7 nitrogen and oxygen atoms in total. The third-order valence-corrected chi connectivity index (χ3v) is 2.32. The van der Waals surface area contributed by atoms with E-state index in [1.165, 1.54) is 4.90 Å². The topological polar surface area (TPSA) is 79.4 Å². The van der Waals surface area contributed by atoms with Gasteiger partial charge >= 0.3 is 0 Å². The van der Waals surface area contributed by atoms with Crippen molar-refractivity contribution in [3.05, 3.63) is 11.9 Å². The van der Waals surface area contributed by atoms with E-state index in [1.807, 2.05) is 6.92 Å². The second kappa shape index (κ2) is 7.52. The molecule has 1 heterocycles. The van der Waals surface area contributed by atoms with E-state index in [2.05, 4.69) is 20.6 Å². The number of nitrogens with zero attached hydrogens (tertiary/aromatic N) is 3. The summed E-state index contributed by atoms with van der Waals surface area (Å²) in [6.07, 6.45) is 0. The van der Waals surface area contributed by atoms with Gasteiger partial charge in [-0.25, -0.2) is 9.97 Å². The van der Waals surface area contributed by atoms with Gasteiger partial charge in [0, 0.05) is 33.8 Å². The van der Waals surface area contributed by atoms with E-state index in [4.69, 9.17) is 4.74 Å². The van der Waals surface area contributed by atoms with Crippen LogP contribution in [-0.4, -0.2) is 55.1 Å². The lowest BCUT2D eigenvalue weighted by Crippen LogP contribution is -2.29. The predicted octanol–water partition coefficient (Wildman–Crippen LogP) is 0.555. The number of carbonyl (C=O) groups excluding carboxylic acids is 1. The van der Waals surface area contributed by atoms with Crippen LogP contribution in [0, 0.1) is 0 Å². The van der Waals surface area contributed by atoms with Crippen LogP contribution in [0.1, 0.15) is 12.7 Å². The SMILES string of the molecule is CCNc1cc(NCC(=O)N(C)C)nc(COC)n1. The molecule has 0 aromatic carbocycles. The number of likely N-dealkylation sites (N-methyl/N-ethyl adjacent to an activating group) is 1. The van der Waals surface area contributed by atoms with Gasteiger partial charge in [-0.2, -0.15) is 0 Å². The number of nitrogens with one attached hydrogen (secondary N) is 2. The molecular weight excluding hydrogens is 246 g/mol. The van der Waals surface area contributed by atoms with Gasteiger partial charge in [-0.1, -0.05) is 0 Å². The molecule has 0 atom stereocenters. The quantitative estimate of drug-likeness (QED) is 0.751. The van der Waals surface area contributed by atoms with Gasteiger partial charge in [0.2, 0.25) is 5.91 Å². The molecule has 0 bridgehead atoms. The number of anilines is 2. The Labute approximate surface area is 113 Å². The summed E-state index contributed by atoms with van der Waals surface area (Å²) in [4.78, 5) is 21.6. The fourth-order valence-electron chi connectivity index (χ4n) is 1.38. The normalized spacial score (nSPS) is 10.1.